The second-order valence-electron chi connectivity index (χ2n) is 0.960. The van der Waals surface area contributed by atoms with Crippen LogP contribution in [0.3, 0.4) is 0 Å². The molecule has 0 spiro atoms. The van der Waals surface area contributed by atoms with Crippen LogP contribution < -0.4 is 0 Å². The Labute approximate surface area is 73.5 Å². The Hall–Kier alpha value is -0.0638. The molecule has 0 heterocycles. The summed E-state index contributed by atoms with van der Waals surface area (Å²) < 4.78 is 0. The van der Waals surface area contributed by atoms with Gasteiger partial charge in [-0.15, -0.1) is 6.58 Å². The maximum absolute atomic E-state index is 9.12. The molecule has 0 amide bonds. The molecular formula is C5H12MgO3. The fraction of sp³-hybridized carbons (Fsp3) is 0.400. The van der Waals surface area contributed by atoms with Gasteiger partial charge in [0.2, 0.25) is 0 Å². The summed E-state index contributed by atoms with van der Waals surface area (Å²) in [5.74, 6) is -1.19. The Bertz CT molecular complexity index is 80.1. The average molecular weight is 144 g/mol. The topological polar surface area (TPSA) is 57.5 Å². The van der Waals surface area contributed by atoms with E-state index < -0.39 is 12.6 Å². The fourth-order valence-electron chi connectivity index (χ4n) is 0. The molecular weight excluding hydrogens is 132 g/mol. The van der Waals surface area contributed by atoms with Gasteiger partial charge in [-0.05, 0) is 6.92 Å². The van der Waals surface area contributed by atoms with Gasteiger partial charge in [0.25, 0.3) is 0 Å². The minimum Gasteiger partial charge on any atom is -1.00 e. The van der Waals surface area contributed by atoms with Crippen molar-refractivity contribution in [2.24, 2.45) is 0 Å². The van der Waals surface area contributed by atoms with Crippen LogP contribution in [0.5, 0.6) is 0 Å². The van der Waals surface area contributed by atoms with E-state index >= 15 is 0 Å². The van der Waals surface area contributed by atoms with E-state index in [9.17, 15) is 0 Å². The summed E-state index contributed by atoms with van der Waals surface area (Å²) in [7, 11) is 0. The molecule has 0 rings (SSSR count). The van der Waals surface area contributed by atoms with Crippen LogP contribution in [0.15, 0.2) is 12.7 Å². The van der Waals surface area contributed by atoms with Crippen molar-refractivity contribution in [1.29, 1.82) is 0 Å². The Balaban J connectivity index is -0.0000000183. The Morgan fingerprint density at radius 2 is 2.00 bits per heavy atom. The summed E-state index contributed by atoms with van der Waals surface area (Å²) in [5, 5.41) is 15.0. The van der Waals surface area contributed by atoms with E-state index in [0.29, 0.717) is 0 Å². The van der Waals surface area contributed by atoms with Crippen molar-refractivity contribution in [1.82, 2.24) is 0 Å². The van der Waals surface area contributed by atoms with E-state index in [1.165, 1.54) is 0 Å². The SMILES string of the molecule is C=CC.O=C(O)CO.[H-].[H-].[Mg+2]. The second-order valence-corrected chi connectivity index (χ2v) is 0.960. The summed E-state index contributed by atoms with van der Waals surface area (Å²) in [5.41, 5.74) is 0. The molecule has 9 heavy (non-hydrogen) atoms. The maximum Gasteiger partial charge on any atom is 2.00 e. The zero-order valence-electron chi connectivity index (χ0n) is 7.50. The van der Waals surface area contributed by atoms with Crippen molar-refractivity contribution in [3.8, 4) is 0 Å². The number of rotatable bonds is 1. The van der Waals surface area contributed by atoms with Gasteiger partial charge in [0.1, 0.15) is 6.61 Å². The number of carbonyl (C=O) groups is 1. The predicted molar refractivity (Wildman–Crippen MR) is 38.6 cm³/mol. The molecule has 0 aliphatic rings. The summed E-state index contributed by atoms with van der Waals surface area (Å²) in [6.45, 7) is 4.47. The number of aliphatic hydroxyl groups excluding tert-OH is 1. The number of aliphatic carboxylic acids is 1. The van der Waals surface area contributed by atoms with E-state index in [2.05, 4.69) is 6.58 Å². The van der Waals surface area contributed by atoms with Crippen molar-refractivity contribution < 1.29 is 17.9 Å². The molecule has 3 nitrogen and oxygen atoms in total. The van der Waals surface area contributed by atoms with Gasteiger partial charge in [-0.1, -0.05) is 6.08 Å². The van der Waals surface area contributed by atoms with Gasteiger partial charge in [-0.25, -0.2) is 4.79 Å². The van der Waals surface area contributed by atoms with E-state index in [4.69, 9.17) is 15.0 Å². The molecule has 0 radical (unpaired) electrons. The van der Waals surface area contributed by atoms with Crippen molar-refractivity contribution >= 4 is 29.0 Å². The minimum atomic E-state index is -1.19. The Kier molecular flexibility index (Phi) is 27.8. The molecule has 0 aliphatic carbocycles. The summed E-state index contributed by atoms with van der Waals surface area (Å²) >= 11 is 0. The van der Waals surface area contributed by atoms with Crippen LogP contribution in [0.1, 0.15) is 9.78 Å². The van der Waals surface area contributed by atoms with Crippen molar-refractivity contribution in [3.05, 3.63) is 12.7 Å². The third-order valence-corrected chi connectivity index (χ3v) is 0.135. The van der Waals surface area contributed by atoms with Gasteiger partial charge in [0, 0.05) is 0 Å². The van der Waals surface area contributed by atoms with E-state index in [1.807, 2.05) is 6.92 Å². The Morgan fingerprint density at radius 3 is 2.00 bits per heavy atom. The normalized spacial score (nSPS) is 5.56. The first-order valence-electron chi connectivity index (χ1n) is 2.08. The molecule has 0 saturated heterocycles. The smallest absolute Gasteiger partial charge is 1.00 e. The number of hydrogen-bond donors (Lipinski definition) is 2. The van der Waals surface area contributed by atoms with Crippen LogP contribution in [-0.2, 0) is 4.79 Å². The molecule has 0 atom stereocenters. The van der Waals surface area contributed by atoms with Gasteiger partial charge < -0.3 is 13.1 Å². The number of carboxylic acids is 1. The predicted octanol–water partition coefficient (Wildman–Crippen LogP) is 0.0998. The van der Waals surface area contributed by atoms with Crippen LogP contribution in [0, 0.1) is 0 Å². The van der Waals surface area contributed by atoms with E-state index in [0.717, 1.165) is 0 Å². The average Bonchev–Trinajstić information content (AvgIpc) is 1.69. The number of allylic oxidation sites excluding steroid dienone is 1. The fourth-order valence-corrected chi connectivity index (χ4v) is 0. The van der Waals surface area contributed by atoms with Crippen LogP contribution in [0.25, 0.3) is 0 Å². The summed E-state index contributed by atoms with van der Waals surface area (Å²) in [4.78, 5) is 9.12. The molecule has 52 valence electrons. The quantitative estimate of drug-likeness (QED) is 0.405. The first-order valence-corrected chi connectivity index (χ1v) is 2.08. The van der Waals surface area contributed by atoms with Gasteiger partial charge in [-0.2, -0.15) is 0 Å². The van der Waals surface area contributed by atoms with E-state index in [-0.39, 0.29) is 25.9 Å². The molecule has 0 aliphatic heterocycles. The zero-order chi connectivity index (χ0) is 6.99. The summed E-state index contributed by atoms with van der Waals surface area (Å²) in [6.07, 6.45) is 1.75. The molecule has 4 heteroatoms. The third kappa shape index (κ3) is 74.6. The molecule has 0 aromatic rings. The molecule has 2 N–H and O–H groups in total. The summed E-state index contributed by atoms with van der Waals surface area (Å²) in [6, 6.07) is 0. The molecule has 0 bridgehead atoms. The second kappa shape index (κ2) is 15.7. The first-order chi connectivity index (χ1) is 3.68. The van der Waals surface area contributed by atoms with Crippen LogP contribution >= 0.6 is 0 Å². The largest absolute Gasteiger partial charge is 2.00 e. The van der Waals surface area contributed by atoms with E-state index in [1.54, 1.807) is 6.08 Å². The molecule has 0 saturated carbocycles. The van der Waals surface area contributed by atoms with Crippen LogP contribution in [0.4, 0.5) is 0 Å². The first kappa shape index (κ1) is 16.0. The van der Waals surface area contributed by atoms with Crippen LogP contribution in [-0.4, -0.2) is 45.8 Å². The van der Waals surface area contributed by atoms with Crippen molar-refractivity contribution in [2.75, 3.05) is 6.61 Å². The molecule has 0 unspecified atom stereocenters. The Morgan fingerprint density at radius 1 is 1.89 bits per heavy atom. The van der Waals surface area contributed by atoms with Gasteiger partial charge >= 0.3 is 29.0 Å². The monoisotopic (exact) mass is 144 g/mol. The van der Waals surface area contributed by atoms with Gasteiger partial charge in [0.15, 0.2) is 0 Å². The molecule has 0 fully saturated rings. The third-order valence-electron chi connectivity index (χ3n) is 0.135. The van der Waals surface area contributed by atoms with Crippen LogP contribution in [0.2, 0.25) is 0 Å². The van der Waals surface area contributed by atoms with Gasteiger partial charge in [-0.3, -0.25) is 0 Å². The molecule has 0 aromatic carbocycles. The molecule has 0 aromatic heterocycles. The standard InChI is InChI=1S/C3H6.C2H4O3.Mg.2H/c1-3-2;3-1-2(4)5;;;/h3H,1H2,2H3;3H,1H2,(H,4,5);;;/q;;+2;2*-1. The number of carboxylic acid groups (broad SMARTS) is 1. The number of aliphatic hydroxyl groups is 1. The minimum absolute atomic E-state index is 0. The van der Waals surface area contributed by atoms with Crippen molar-refractivity contribution in [2.45, 2.75) is 6.92 Å². The van der Waals surface area contributed by atoms with Gasteiger partial charge in [0.05, 0.1) is 0 Å². The van der Waals surface area contributed by atoms with Crippen molar-refractivity contribution in [3.63, 3.8) is 0 Å². The maximum atomic E-state index is 9.12. The zero-order valence-corrected chi connectivity index (χ0v) is 6.92. The number of hydrogen-bond acceptors (Lipinski definition) is 2.